The van der Waals surface area contributed by atoms with Crippen LogP contribution in [0.15, 0.2) is 40.9 Å². The van der Waals surface area contributed by atoms with Crippen molar-refractivity contribution in [2.24, 2.45) is 0 Å². The number of halogens is 2. The highest BCUT2D eigenvalue weighted by Crippen LogP contribution is 2.37. The standard InChI is InChI=1S/C22H28BrClN2O2/c1-3-26-10-4-5-19(26)14-25-13-17-11-20(23)22(21(12-17)27-2)28-15-16-6-8-18(24)9-7-16/h6-9,11-12,19,25H,3-5,10,13-15H2,1-2H3/t19-/m0/s1. The average molecular weight is 468 g/mol. The van der Waals surface area contributed by atoms with E-state index in [0.29, 0.717) is 18.4 Å². The third kappa shape index (κ3) is 5.63. The van der Waals surface area contributed by atoms with Crippen LogP contribution >= 0.6 is 27.5 Å². The van der Waals surface area contributed by atoms with Crippen LogP contribution < -0.4 is 14.8 Å². The minimum absolute atomic E-state index is 0.457. The van der Waals surface area contributed by atoms with Crippen molar-refractivity contribution in [2.75, 3.05) is 26.7 Å². The van der Waals surface area contributed by atoms with Gasteiger partial charge in [0, 0.05) is 24.2 Å². The van der Waals surface area contributed by atoms with Crippen molar-refractivity contribution in [1.29, 1.82) is 0 Å². The molecule has 3 rings (SSSR count). The summed E-state index contributed by atoms with van der Waals surface area (Å²) in [4.78, 5) is 2.55. The van der Waals surface area contributed by atoms with E-state index in [1.54, 1.807) is 7.11 Å². The molecule has 28 heavy (non-hydrogen) atoms. The Bertz CT molecular complexity index is 770. The monoisotopic (exact) mass is 466 g/mol. The Labute approximate surface area is 181 Å². The third-order valence-electron chi connectivity index (χ3n) is 5.20. The average Bonchev–Trinajstić information content (AvgIpc) is 3.15. The first-order valence-electron chi connectivity index (χ1n) is 9.79. The van der Waals surface area contributed by atoms with Gasteiger partial charge in [0.25, 0.3) is 0 Å². The molecule has 1 heterocycles. The van der Waals surface area contributed by atoms with Gasteiger partial charge in [-0.15, -0.1) is 0 Å². The lowest BCUT2D eigenvalue weighted by molar-refractivity contribution is 0.259. The van der Waals surface area contributed by atoms with Gasteiger partial charge in [0.1, 0.15) is 6.61 Å². The minimum Gasteiger partial charge on any atom is -0.493 e. The quantitative estimate of drug-likeness (QED) is 0.545. The van der Waals surface area contributed by atoms with Crippen LogP contribution in [0.25, 0.3) is 0 Å². The molecule has 1 aliphatic heterocycles. The molecule has 1 atom stereocenters. The van der Waals surface area contributed by atoms with Crippen molar-refractivity contribution in [1.82, 2.24) is 10.2 Å². The molecule has 1 aliphatic rings. The fourth-order valence-electron chi connectivity index (χ4n) is 3.68. The fourth-order valence-corrected chi connectivity index (χ4v) is 4.41. The van der Waals surface area contributed by atoms with Crippen molar-refractivity contribution >= 4 is 27.5 Å². The molecule has 2 aromatic rings. The van der Waals surface area contributed by atoms with E-state index in [9.17, 15) is 0 Å². The first-order valence-corrected chi connectivity index (χ1v) is 11.0. The van der Waals surface area contributed by atoms with E-state index in [0.717, 1.165) is 40.4 Å². The molecule has 152 valence electrons. The second kappa shape index (κ2) is 10.5. The summed E-state index contributed by atoms with van der Waals surface area (Å²) in [5.74, 6) is 1.45. The Morgan fingerprint density at radius 3 is 2.71 bits per heavy atom. The Kier molecular flexibility index (Phi) is 8.03. The molecule has 0 aromatic heterocycles. The molecule has 1 N–H and O–H groups in total. The van der Waals surface area contributed by atoms with Crippen molar-refractivity contribution < 1.29 is 9.47 Å². The number of likely N-dealkylation sites (N-methyl/N-ethyl adjacent to an activating group) is 1. The van der Waals surface area contributed by atoms with Gasteiger partial charge in [0.15, 0.2) is 11.5 Å². The van der Waals surface area contributed by atoms with E-state index in [2.05, 4.69) is 39.1 Å². The van der Waals surface area contributed by atoms with Crippen molar-refractivity contribution in [2.45, 2.75) is 39.0 Å². The number of hydrogen-bond donors (Lipinski definition) is 1. The molecule has 1 fully saturated rings. The van der Waals surface area contributed by atoms with Crippen LogP contribution in [-0.2, 0) is 13.2 Å². The lowest BCUT2D eigenvalue weighted by atomic mass is 10.1. The second-order valence-corrected chi connectivity index (χ2v) is 8.37. The summed E-state index contributed by atoms with van der Waals surface area (Å²) in [6.45, 7) is 6.87. The first-order chi connectivity index (χ1) is 13.6. The SMILES string of the molecule is CCN1CCC[C@H]1CNCc1cc(Br)c(OCc2ccc(Cl)cc2)c(OC)c1. The summed E-state index contributed by atoms with van der Waals surface area (Å²) in [6.07, 6.45) is 2.59. The molecular weight excluding hydrogens is 440 g/mol. The zero-order valence-electron chi connectivity index (χ0n) is 16.5. The van der Waals surface area contributed by atoms with Crippen LogP contribution in [0.3, 0.4) is 0 Å². The van der Waals surface area contributed by atoms with Crippen LogP contribution in [0.4, 0.5) is 0 Å². The first kappa shape index (κ1) is 21.4. The van der Waals surface area contributed by atoms with Gasteiger partial charge in [-0.1, -0.05) is 30.7 Å². The number of rotatable bonds is 9. The number of benzene rings is 2. The number of hydrogen-bond acceptors (Lipinski definition) is 4. The summed E-state index contributed by atoms with van der Waals surface area (Å²) in [5, 5.41) is 4.32. The lowest BCUT2D eigenvalue weighted by Crippen LogP contribution is -2.37. The zero-order valence-corrected chi connectivity index (χ0v) is 18.9. The molecule has 0 spiro atoms. The van der Waals surface area contributed by atoms with Gasteiger partial charge in [0.05, 0.1) is 11.6 Å². The van der Waals surface area contributed by atoms with Crippen molar-refractivity contribution in [3.05, 3.63) is 57.0 Å². The number of ether oxygens (including phenoxy) is 2. The van der Waals surface area contributed by atoms with Gasteiger partial charge >= 0.3 is 0 Å². The molecule has 4 nitrogen and oxygen atoms in total. The molecule has 0 amide bonds. The van der Waals surface area contributed by atoms with Crippen molar-refractivity contribution in [3.63, 3.8) is 0 Å². The van der Waals surface area contributed by atoms with Crippen LogP contribution in [0.5, 0.6) is 11.5 Å². The van der Waals surface area contributed by atoms with E-state index in [-0.39, 0.29) is 0 Å². The van der Waals surface area contributed by atoms with Gasteiger partial charge in [-0.25, -0.2) is 0 Å². The second-order valence-electron chi connectivity index (χ2n) is 7.08. The van der Waals surface area contributed by atoms with E-state index in [4.69, 9.17) is 21.1 Å². The smallest absolute Gasteiger partial charge is 0.175 e. The fraction of sp³-hybridized carbons (Fsp3) is 0.455. The largest absolute Gasteiger partial charge is 0.493 e. The van der Waals surface area contributed by atoms with E-state index >= 15 is 0 Å². The highest BCUT2D eigenvalue weighted by atomic mass is 79.9. The van der Waals surface area contributed by atoms with Crippen LogP contribution in [0.1, 0.15) is 30.9 Å². The molecule has 0 saturated carbocycles. The molecule has 6 heteroatoms. The summed E-state index contributed by atoms with van der Waals surface area (Å²) >= 11 is 9.58. The van der Waals surface area contributed by atoms with Crippen LogP contribution in [-0.4, -0.2) is 37.7 Å². The predicted octanol–water partition coefficient (Wildman–Crippen LogP) is 5.26. The maximum absolute atomic E-state index is 6.01. The Morgan fingerprint density at radius 1 is 1.21 bits per heavy atom. The molecule has 0 bridgehead atoms. The lowest BCUT2D eigenvalue weighted by Gasteiger charge is -2.23. The molecule has 0 radical (unpaired) electrons. The normalized spacial score (nSPS) is 17.1. The number of methoxy groups -OCH3 is 1. The number of likely N-dealkylation sites (tertiary alicyclic amines) is 1. The van der Waals surface area contributed by atoms with E-state index in [1.165, 1.54) is 24.9 Å². The summed E-state index contributed by atoms with van der Waals surface area (Å²) in [6, 6.07) is 12.4. The summed E-state index contributed by atoms with van der Waals surface area (Å²) in [7, 11) is 1.67. The van der Waals surface area contributed by atoms with Crippen LogP contribution in [0, 0.1) is 0 Å². The minimum atomic E-state index is 0.457. The topological polar surface area (TPSA) is 33.7 Å². The highest BCUT2D eigenvalue weighted by Gasteiger charge is 2.22. The molecule has 0 unspecified atom stereocenters. The Morgan fingerprint density at radius 2 is 2.00 bits per heavy atom. The maximum atomic E-state index is 6.01. The molecule has 2 aromatic carbocycles. The van der Waals surface area contributed by atoms with Gasteiger partial charge in [0.2, 0.25) is 0 Å². The molecular formula is C22H28BrClN2O2. The van der Waals surface area contributed by atoms with Crippen LogP contribution in [0.2, 0.25) is 5.02 Å². The van der Waals surface area contributed by atoms with E-state index < -0.39 is 0 Å². The Balaban J connectivity index is 1.59. The summed E-state index contributed by atoms with van der Waals surface area (Å²) < 4.78 is 12.5. The maximum Gasteiger partial charge on any atom is 0.175 e. The van der Waals surface area contributed by atoms with Crippen molar-refractivity contribution in [3.8, 4) is 11.5 Å². The predicted molar refractivity (Wildman–Crippen MR) is 118 cm³/mol. The third-order valence-corrected chi connectivity index (χ3v) is 6.04. The number of nitrogens with zero attached hydrogens (tertiary/aromatic N) is 1. The highest BCUT2D eigenvalue weighted by molar-refractivity contribution is 9.10. The van der Waals surface area contributed by atoms with Gasteiger partial charge < -0.3 is 14.8 Å². The number of nitrogens with one attached hydrogen (secondary N) is 1. The Hall–Kier alpha value is -1.27. The van der Waals surface area contributed by atoms with Gasteiger partial charge in [-0.3, -0.25) is 4.90 Å². The van der Waals surface area contributed by atoms with E-state index in [1.807, 2.05) is 30.3 Å². The van der Waals surface area contributed by atoms with Gasteiger partial charge in [-0.05, 0) is 77.3 Å². The van der Waals surface area contributed by atoms with Gasteiger partial charge in [-0.2, -0.15) is 0 Å². The zero-order chi connectivity index (χ0) is 19.9. The molecule has 0 aliphatic carbocycles. The summed E-state index contributed by atoms with van der Waals surface area (Å²) in [5.41, 5.74) is 2.23. The molecule has 1 saturated heterocycles.